The molecule has 8 nitrogen and oxygen atoms in total. The second-order valence-corrected chi connectivity index (χ2v) is 8.36. The lowest BCUT2D eigenvalue weighted by Gasteiger charge is -2.26. The predicted molar refractivity (Wildman–Crippen MR) is 117 cm³/mol. The van der Waals surface area contributed by atoms with Crippen LogP contribution in [-0.2, 0) is 35.5 Å². The van der Waals surface area contributed by atoms with Crippen LogP contribution in [0.3, 0.4) is 0 Å². The number of morpholine rings is 1. The number of nitrogens with zero attached hydrogens (tertiary/aromatic N) is 3. The van der Waals surface area contributed by atoms with Crippen LogP contribution in [0, 0.1) is 12.7 Å². The summed E-state index contributed by atoms with van der Waals surface area (Å²) in [4.78, 5) is 27.2. The van der Waals surface area contributed by atoms with Crippen LogP contribution in [0.1, 0.15) is 33.0 Å². The molecule has 0 bridgehead atoms. The Kier molecular flexibility index (Phi) is 5.72. The molecular formula is C24H25FN4O4. The minimum Gasteiger partial charge on any atom is -0.455 e. The maximum Gasteiger partial charge on any atom is 0.290 e. The van der Waals surface area contributed by atoms with E-state index in [9.17, 15) is 14.0 Å². The zero-order valence-electron chi connectivity index (χ0n) is 18.4. The highest BCUT2D eigenvalue weighted by Gasteiger charge is 2.32. The lowest BCUT2D eigenvalue weighted by molar-refractivity contribution is -0.122. The first-order chi connectivity index (χ1) is 16.0. The van der Waals surface area contributed by atoms with E-state index in [4.69, 9.17) is 9.15 Å². The highest BCUT2D eigenvalue weighted by atomic mass is 19.1. The van der Waals surface area contributed by atoms with E-state index in [0.29, 0.717) is 45.0 Å². The zero-order valence-corrected chi connectivity index (χ0v) is 18.4. The van der Waals surface area contributed by atoms with Crippen molar-refractivity contribution in [2.24, 2.45) is 0 Å². The summed E-state index contributed by atoms with van der Waals surface area (Å²) < 4.78 is 26.0. The number of ether oxygens (including phenoxy) is 1. The molecule has 0 atom stereocenters. The van der Waals surface area contributed by atoms with Gasteiger partial charge in [-0.3, -0.25) is 14.3 Å². The lowest BCUT2D eigenvalue weighted by atomic mass is 9.93. The second kappa shape index (κ2) is 8.82. The van der Waals surface area contributed by atoms with Crippen LogP contribution in [-0.4, -0.2) is 52.8 Å². The number of furan rings is 1. The molecule has 5 rings (SSSR count). The SMILES string of the molecule is Cc1c(C(=O)N2CCOCC2)oc2c1-c1nn(CC(=O)NCc3ccc(F)cc3)cc1CC2. The first-order valence-corrected chi connectivity index (χ1v) is 11.1. The number of carbonyl (C=O) groups excluding carboxylic acids is 2. The molecule has 3 heterocycles. The van der Waals surface area contributed by atoms with Gasteiger partial charge >= 0.3 is 0 Å². The van der Waals surface area contributed by atoms with Crippen LogP contribution in [0.25, 0.3) is 11.3 Å². The van der Waals surface area contributed by atoms with Gasteiger partial charge in [0.2, 0.25) is 5.91 Å². The first kappa shape index (κ1) is 21.4. The number of rotatable bonds is 5. The molecule has 1 N–H and O–H groups in total. The van der Waals surface area contributed by atoms with Gasteiger partial charge in [0.1, 0.15) is 18.1 Å². The Morgan fingerprint density at radius 1 is 1.15 bits per heavy atom. The van der Waals surface area contributed by atoms with Crippen molar-refractivity contribution in [3.8, 4) is 11.3 Å². The van der Waals surface area contributed by atoms with Crippen molar-refractivity contribution in [1.82, 2.24) is 20.0 Å². The summed E-state index contributed by atoms with van der Waals surface area (Å²) in [7, 11) is 0. The Morgan fingerprint density at radius 3 is 2.67 bits per heavy atom. The summed E-state index contributed by atoms with van der Waals surface area (Å²) >= 11 is 0. The van der Waals surface area contributed by atoms with Crippen molar-refractivity contribution in [2.75, 3.05) is 26.3 Å². The molecule has 0 radical (unpaired) electrons. The number of aryl methyl sites for hydroxylation is 2. The number of carbonyl (C=O) groups is 2. The van der Waals surface area contributed by atoms with Crippen molar-refractivity contribution in [1.29, 1.82) is 0 Å². The van der Waals surface area contributed by atoms with E-state index < -0.39 is 0 Å². The molecule has 1 aliphatic heterocycles. The molecule has 1 aliphatic carbocycles. The Morgan fingerprint density at radius 2 is 1.91 bits per heavy atom. The molecule has 2 aromatic heterocycles. The number of amides is 2. The van der Waals surface area contributed by atoms with E-state index in [-0.39, 0.29) is 24.2 Å². The average molecular weight is 452 g/mol. The van der Waals surface area contributed by atoms with Gasteiger partial charge in [0.25, 0.3) is 5.91 Å². The summed E-state index contributed by atoms with van der Waals surface area (Å²) in [6, 6.07) is 6.01. The van der Waals surface area contributed by atoms with Gasteiger partial charge in [-0.25, -0.2) is 4.39 Å². The fourth-order valence-electron chi connectivity index (χ4n) is 4.36. The van der Waals surface area contributed by atoms with Crippen molar-refractivity contribution >= 4 is 11.8 Å². The summed E-state index contributed by atoms with van der Waals surface area (Å²) in [5.74, 6) is 0.512. The van der Waals surface area contributed by atoms with E-state index >= 15 is 0 Å². The van der Waals surface area contributed by atoms with Crippen LogP contribution in [0.2, 0.25) is 0 Å². The zero-order chi connectivity index (χ0) is 22.9. The van der Waals surface area contributed by atoms with Gasteiger partial charge in [-0.2, -0.15) is 5.10 Å². The number of fused-ring (bicyclic) bond motifs is 3. The smallest absolute Gasteiger partial charge is 0.290 e. The van der Waals surface area contributed by atoms with Gasteiger partial charge in [0.05, 0.1) is 18.9 Å². The molecule has 172 valence electrons. The molecule has 33 heavy (non-hydrogen) atoms. The molecule has 1 aromatic carbocycles. The van der Waals surface area contributed by atoms with Gasteiger partial charge in [0.15, 0.2) is 5.76 Å². The number of benzene rings is 1. The summed E-state index contributed by atoms with van der Waals surface area (Å²) in [6.07, 6.45) is 3.30. The topological polar surface area (TPSA) is 89.6 Å². The third kappa shape index (κ3) is 4.28. The normalized spacial score (nSPS) is 15.2. The largest absolute Gasteiger partial charge is 0.455 e. The van der Waals surface area contributed by atoms with Crippen molar-refractivity contribution < 1.29 is 23.1 Å². The quantitative estimate of drug-likeness (QED) is 0.643. The van der Waals surface area contributed by atoms with Gasteiger partial charge in [-0.1, -0.05) is 12.1 Å². The minimum absolute atomic E-state index is 0.0694. The van der Waals surface area contributed by atoms with Gasteiger partial charge in [0, 0.05) is 43.4 Å². The number of nitrogens with one attached hydrogen (secondary N) is 1. The maximum atomic E-state index is 13.0. The molecular weight excluding hydrogens is 427 g/mol. The van der Waals surface area contributed by atoms with E-state index in [0.717, 1.165) is 40.1 Å². The number of halogens is 1. The summed E-state index contributed by atoms with van der Waals surface area (Å²) in [6.45, 7) is 4.44. The van der Waals surface area contributed by atoms with E-state index in [1.165, 1.54) is 12.1 Å². The van der Waals surface area contributed by atoms with E-state index in [1.807, 2.05) is 13.1 Å². The first-order valence-electron chi connectivity index (χ1n) is 11.1. The van der Waals surface area contributed by atoms with Crippen LogP contribution >= 0.6 is 0 Å². The number of hydrogen-bond acceptors (Lipinski definition) is 5. The maximum absolute atomic E-state index is 13.0. The van der Waals surface area contributed by atoms with Gasteiger partial charge < -0.3 is 19.4 Å². The highest BCUT2D eigenvalue weighted by molar-refractivity contribution is 5.95. The fraction of sp³-hybridized carbons (Fsp3) is 0.375. The minimum atomic E-state index is -0.309. The molecule has 3 aromatic rings. The second-order valence-electron chi connectivity index (χ2n) is 8.36. The standard InChI is InChI=1S/C24H25FN4O4/c1-15-21-19(33-23(15)24(31)28-8-10-32-11-9-28)7-4-17-13-29(27-22(17)21)14-20(30)26-12-16-2-5-18(25)6-3-16/h2-3,5-6,13H,4,7-12,14H2,1H3,(H,26,30). The van der Waals surface area contributed by atoms with Gasteiger partial charge in [-0.05, 0) is 36.6 Å². The number of aromatic nitrogens is 2. The van der Waals surface area contributed by atoms with E-state index in [1.54, 1.807) is 21.7 Å². The lowest BCUT2D eigenvalue weighted by Crippen LogP contribution is -2.40. The van der Waals surface area contributed by atoms with Crippen molar-refractivity contribution in [2.45, 2.75) is 32.9 Å². The van der Waals surface area contributed by atoms with Crippen LogP contribution < -0.4 is 5.32 Å². The number of hydrogen-bond donors (Lipinski definition) is 1. The van der Waals surface area contributed by atoms with Crippen LogP contribution in [0.4, 0.5) is 4.39 Å². The summed E-state index contributed by atoms with van der Waals surface area (Å²) in [5.41, 5.74) is 4.26. The molecule has 1 fully saturated rings. The molecule has 2 amide bonds. The highest BCUT2D eigenvalue weighted by Crippen LogP contribution is 2.38. The molecule has 0 unspecified atom stereocenters. The van der Waals surface area contributed by atoms with Crippen LogP contribution in [0.15, 0.2) is 34.9 Å². The molecule has 0 spiro atoms. The van der Waals surface area contributed by atoms with E-state index in [2.05, 4.69) is 10.4 Å². The molecule has 1 saturated heterocycles. The Balaban J connectivity index is 1.31. The average Bonchev–Trinajstić information content (AvgIpc) is 3.38. The molecule has 9 heteroatoms. The third-order valence-corrected chi connectivity index (χ3v) is 6.12. The van der Waals surface area contributed by atoms with Crippen molar-refractivity contribution in [3.63, 3.8) is 0 Å². The third-order valence-electron chi connectivity index (χ3n) is 6.12. The monoisotopic (exact) mass is 452 g/mol. The molecule has 0 saturated carbocycles. The van der Waals surface area contributed by atoms with Gasteiger partial charge in [-0.15, -0.1) is 0 Å². The van der Waals surface area contributed by atoms with Crippen LogP contribution in [0.5, 0.6) is 0 Å². The Hall–Kier alpha value is -3.46. The Bertz CT molecular complexity index is 1190. The molecule has 2 aliphatic rings. The Labute approximate surface area is 190 Å². The fourth-order valence-corrected chi connectivity index (χ4v) is 4.36. The van der Waals surface area contributed by atoms with Crippen molar-refractivity contribution in [3.05, 3.63) is 64.5 Å². The summed E-state index contributed by atoms with van der Waals surface area (Å²) in [5, 5.41) is 7.48. The predicted octanol–water partition coefficient (Wildman–Crippen LogP) is 2.48.